The van der Waals surface area contributed by atoms with E-state index in [1.807, 2.05) is 6.07 Å². The van der Waals surface area contributed by atoms with Crippen molar-refractivity contribution in [2.75, 3.05) is 0 Å². The molecular formula is C18H15NO2. The predicted octanol–water partition coefficient (Wildman–Crippen LogP) is 4.80. The fraction of sp³-hybridized carbons (Fsp3) is 0.222. The lowest BCUT2D eigenvalue weighted by atomic mass is 9.79. The molecule has 0 saturated heterocycles. The highest BCUT2D eigenvalue weighted by Crippen LogP contribution is 2.40. The summed E-state index contributed by atoms with van der Waals surface area (Å²) in [5.74, 6) is 0. The van der Waals surface area contributed by atoms with Crippen LogP contribution in [0.25, 0.3) is 16.3 Å². The molecule has 0 spiro atoms. The van der Waals surface area contributed by atoms with Gasteiger partial charge in [0.1, 0.15) is 0 Å². The molecule has 0 aliphatic heterocycles. The number of benzene rings is 2. The molecule has 3 nitrogen and oxygen atoms in total. The number of fused-ring (bicyclic) bond motifs is 4. The van der Waals surface area contributed by atoms with Gasteiger partial charge in [0.25, 0.3) is 5.69 Å². The van der Waals surface area contributed by atoms with Crippen LogP contribution in [0.1, 0.15) is 30.4 Å². The number of hydrogen-bond acceptors (Lipinski definition) is 2. The van der Waals surface area contributed by atoms with Gasteiger partial charge in [0.2, 0.25) is 0 Å². The van der Waals surface area contributed by atoms with Crippen molar-refractivity contribution >= 4 is 22.0 Å². The van der Waals surface area contributed by atoms with E-state index >= 15 is 0 Å². The third-order valence-electron chi connectivity index (χ3n) is 4.57. The van der Waals surface area contributed by atoms with E-state index in [4.69, 9.17) is 0 Å². The summed E-state index contributed by atoms with van der Waals surface area (Å²) in [6, 6.07) is 9.42. The second-order valence-electron chi connectivity index (χ2n) is 5.71. The maximum Gasteiger partial charge on any atom is 0.270 e. The van der Waals surface area contributed by atoms with Gasteiger partial charge in [0, 0.05) is 12.1 Å². The molecule has 0 atom stereocenters. The zero-order valence-corrected chi connectivity index (χ0v) is 11.6. The minimum Gasteiger partial charge on any atom is -0.258 e. The maximum atomic E-state index is 11.0. The minimum atomic E-state index is -0.313. The lowest BCUT2D eigenvalue weighted by Gasteiger charge is -2.25. The number of nitrogens with zero attached hydrogens (tertiary/aromatic N) is 1. The number of aryl methyl sites for hydroxylation is 1. The van der Waals surface area contributed by atoms with Crippen LogP contribution >= 0.6 is 0 Å². The van der Waals surface area contributed by atoms with Crippen molar-refractivity contribution in [3.05, 3.63) is 69.3 Å². The van der Waals surface area contributed by atoms with E-state index in [2.05, 4.69) is 24.3 Å². The first-order chi connectivity index (χ1) is 10.2. The third-order valence-corrected chi connectivity index (χ3v) is 4.57. The molecule has 3 heteroatoms. The molecule has 104 valence electrons. The smallest absolute Gasteiger partial charge is 0.258 e. The Hall–Kier alpha value is -2.42. The first-order valence-electron chi connectivity index (χ1n) is 7.33. The fourth-order valence-corrected chi connectivity index (χ4v) is 3.53. The highest BCUT2D eigenvalue weighted by atomic mass is 16.6. The van der Waals surface area contributed by atoms with Gasteiger partial charge in [0.15, 0.2) is 0 Å². The molecule has 2 aromatic rings. The van der Waals surface area contributed by atoms with Crippen LogP contribution in [0, 0.1) is 10.1 Å². The Morgan fingerprint density at radius 3 is 2.76 bits per heavy atom. The molecule has 0 bridgehead atoms. The van der Waals surface area contributed by atoms with Crippen molar-refractivity contribution in [2.45, 2.75) is 25.7 Å². The van der Waals surface area contributed by atoms with Crippen LogP contribution in [-0.2, 0) is 6.42 Å². The molecule has 0 radical (unpaired) electrons. The van der Waals surface area contributed by atoms with Gasteiger partial charge in [-0.3, -0.25) is 10.1 Å². The van der Waals surface area contributed by atoms with E-state index < -0.39 is 0 Å². The predicted molar refractivity (Wildman–Crippen MR) is 84.2 cm³/mol. The van der Waals surface area contributed by atoms with Gasteiger partial charge in [-0.15, -0.1) is 0 Å². The van der Waals surface area contributed by atoms with Gasteiger partial charge in [0.05, 0.1) is 4.92 Å². The Morgan fingerprint density at radius 2 is 1.90 bits per heavy atom. The summed E-state index contributed by atoms with van der Waals surface area (Å²) in [4.78, 5) is 10.7. The SMILES string of the molecule is O=[N+]([O-])c1ccc2ccc3c(c2c1)CCC1=C3C=CCC1. The van der Waals surface area contributed by atoms with Crippen LogP contribution in [0.4, 0.5) is 5.69 Å². The molecule has 2 aromatic carbocycles. The zero-order chi connectivity index (χ0) is 14.4. The molecule has 2 aliphatic rings. The van der Waals surface area contributed by atoms with E-state index in [0.29, 0.717) is 0 Å². The van der Waals surface area contributed by atoms with Gasteiger partial charge in [-0.25, -0.2) is 0 Å². The largest absolute Gasteiger partial charge is 0.270 e. The van der Waals surface area contributed by atoms with Crippen molar-refractivity contribution in [1.29, 1.82) is 0 Å². The molecule has 21 heavy (non-hydrogen) atoms. The van der Waals surface area contributed by atoms with Crippen LogP contribution in [0.2, 0.25) is 0 Å². The lowest BCUT2D eigenvalue weighted by Crippen LogP contribution is -2.07. The summed E-state index contributed by atoms with van der Waals surface area (Å²) in [5, 5.41) is 13.1. The average molecular weight is 277 g/mol. The second kappa shape index (κ2) is 4.55. The summed E-state index contributed by atoms with van der Waals surface area (Å²) in [6.45, 7) is 0. The molecule has 2 aliphatic carbocycles. The van der Waals surface area contributed by atoms with Crippen molar-refractivity contribution in [1.82, 2.24) is 0 Å². The number of nitro groups is 1. The first kappa shape index (κ1) is 12.3. The summed E-state index contributed by atoms with van der Waals surface area (Å²) in [7, 11) is 0. The van der Waals surface area contributed by atoms with Gasteiger partial charge < -0.3 is 0 Å². The number of non-ortho nitro benzene ring substituents is 1. The van der Waals surface area contributed by atoms with Crippen LogP contribution in [0.5, 0.6) is 0 Å². The van der Waals surface area contributed by atoms with Crippen molar-refractivity contribution in [3.63, 3.8) is 0 Å². The average Bonchev–Trinajstić information content (AvgIpc) is 2.53. The fourth-order valence-electron chi connectivity index (χ4n) is 3.53. The van der Waals surface area contributed by atoms with Crippen molar-refractivity contribution in [2.24, 2.45) is 0 Å². The highest BCUT2D eigenvalue weighted by Gasteiger charge is 2.21. The highest BCUT2D eigenvalue weighted by molar-refractivity contribution is 5.94. The van der Waals surface area contributed by atoms with E-state index in [0.717, 1.165) is 36.5 Å². The maximum absolute atomic E-state index is 11.0. The van der Waals surface area contributed by atoms with E-state index in [9.17, 15) is 10.1 Å². The standard InChI is InChI=1S/C18H15NO2/c20-19(21)14-8-5-13-7-9-16-15-4-2-1-3-12(15)6-10-17(16)18(13)11-14/h2,4-5,7-9,11H,1,3,6,10H2. The van der Waals surface area contributed by atoms with Gasteiger partial charge in [-0.1, -0.05) is 29.9 Å². The molecule has 0 unspecified atom stereocenters. The van der Waals surface area contributed by atoms with Crippen molar-refractivity contribution in [3.8, 4) is 0 Å². The molecule has 0 aromatic heterocycles. The summed E-state index contributed by atoms with van der Waals surface area (Å²) >= 11 is 0. The van der Waals surface area contributed by atoms with Crippen LogP contribution in [0.3, 0.4) is 0 Å². The number of rotatable bonds is 1. The van der Waals surface area contributed by atoms with Crippen LogP contribution < -0.4 is 0 Å². The molecule has 4 rings (SSSR count). The van der Waals surface area contributed by atoms with E-state index in [1.54, 1.807) is 12.1 Å². The summed E-state index contributed by atoms with van der Waals surface area (Å²) in [5.41, 5.74) is 5.59. The Balaban J connectivity index is 1.99. The first-order valence-corrected chi connectivity index (χ1v) is 7.33. The Labute approximate surface area is 122 Å². The van der Waals surface area contributed by atoms with Gasteiger partial charge in [-0.2, -0.15) is 0 Å². The number of hydrogen-bond donors (Lipinski definition) is 0. The number of allylic oxidation sites excluding steroid dienone is 4. The quantitative estimate of drug-likeness (QED) is 0.555. The van der Waals surface area contributed by atoms with E-state index in [-0.39, 0.29) is 10.6 Å². The summed E-state index contributed by atoms with van der Waals surface area (Å²) in [6.07, 6.45) is 8.80. The molecule has 0 N–H and O–H groups in total. The summed E-state index contributed by atoms with van der Waals surface area (Å²) < 4.78 is 0. The second-order valence-corrected chi connectivity index (χ2v) is 5.71. The monoisotopic (exact) mass is 277 g/mol. The molecular weight excluding hydrogens is 262 g/mol. The van der Waals surface area contributed by atoms with E-state index in [1.165, 1.54) is 22.3 Å². The van der Waals surface area contributed by atoms with Gasteiger partial charge >= 0.3 is 0 Å². The van der Waals surface area contributed by atoms with Crippen LogP contribution in [-0.4, -0.2) is 4.92 Å². The lowest BCUT2D eigenvalue weighted by molar-refractivity contribution is -0.384. The number of nitro benzene ring substituents is 1. The minimum absolute atomic E-state index is 0.176. The van der Waals surface area contributed by atoms with Crippen LogP contribution in [0.15, 0.2) is 48.1 Å². The van der Waals surface area contributed by atoms with Gasteiger partial charge in [-0.05, 0) is 59.2 Å². The molecule has 0 heterocycles. The third kappa shape index (κ3) is 1.88. The Bertz CT molecular complexity index is 830. The molecule has 0 fully saturated rings. The Kier molecular flexibility index (Phi) is 2.67. The Morgan fingerprint density at radius 1 is 1.05 bits per heavy atom. The normalized spacial score (nSPS) is 16.8. The topological polar surface area (TPSA) is 43.1 Å². The zero-order valence-electron chi connectivity index (χ0n) is 11.6. The molecule has 0 saturated carbocycles. The molecule has 0 amide bonds. The van der Waals surface area contributed by atoms with Crippen molar-refractivity contribution < 1.29 is 4.92 Å².